The Bertz CT molecular complexity index is 585. The van der Waals surface area contributed by atoms with E-state index in [2.05, 4.69) is 0 Å². The van der Waals surface area contributed by atoms with E-state index in [0.29, 0.717) is 17.4 Å². The molecule has 0 aromatic carbocycles. The van der Waals surface area contributed by atoms with Gasteiger partial charge in [-0.1, -0.05) is 19.3 Å². The van der Waals surface area contributed by atoms with Crippen molar-refractivity contribution < 1.29 is 9.59 Å². The summed E-state index contributed by atoms with van der Waals surface area (Å²) in [6, 6.07) is 4.03. The van der Waals surface area contributed by atoms with Crippen molar-refractivity contribution in [2.24, 2.45) is 5.92 Å². The number of thiophene rings is 1. The van der Waals surface area contributed by atoms with Gasteiger partial charge in [-0.05, 0) is 55.7 Å². The van der Waals surface area contributed by atoms with Gasteiger partial charge in [0, 0.05) is 16.3 Å². The van der Waals surface area contributed by atoms with Gasteiger partial charge in [-0.15, -0.1) is 11.3 Å². The normalized spacial score (nSPS) is 22.5. The van der Waals surface area contributed by atoms with E-state index in [4.69, 9.17) is 0 Å². The molecule has 0 unspecified atom stereocenters. The molecular weight excluding hydrogens is 302 g/mol. The number of rotatable bonds is 3. The predicted octanol–water partition coefficient (Wildman–Crippen LogP) is 4.67. The van der Waals surface area contributed by atoms with Crippen LogP contribution in [0.15, 0.2) is 17.0 Å². The number of thioether (sulfide) groups is 1. The van der Waals surface area contributed by atoms with Crippen molar-refractivity contribution in [2.45, 2.75) is 39.0 Å². The molecule has 5 heteroatoms. The highest BCUT2D eigenvalue weighted by molar-refractivity contribution is 8.18. The summed E-state index contributed by atoms with van der Waals surface area (Å²) in [7, 11) is 0. The van der Waals surface area contributed by atoms with Crippen LogP contribution in [0.4, 0.5) is 4.79 Å². The van der Waals surface area contributed by atoms with Gasteiger partial charge >= 0.3 is 0 Å². The van der Waals surface area contributed by atoms with E-state index in [1.807, 2.05) is 25.1 Å². The minimum atomic E-state index is -0.110. The predicted molar refractivity (Wildman–Crippen MR) is 88.3 cm³/mol. The minimum Gasteiger partial charge on any atom is -0.268 e. The molecule has 1 saturated heterocycles. The van der Waals surface area contributed by atoms with Crippen LogP contribution in [0.2, 0.25) is 0 Å². The van der Waals surface area contributed by atoms with Gasteiger partial charge in [0.05, 0.1) is 4.91 Å². The fourth-order valence-corrected chi connectivity index (χ4v) is 4.68. The average Bonchev–Trinajstić information content (AvgIpc) is 2.99. The van der Waals surface area contributed by atoms with Crippen LogP contribution in [0.25, 0.3) is 6.08 Å². The Morgan fingerprint density at radius 1 is 1.24 bits per heavy atom. The maximum atomic E-state index is 12.4. The van der Waals surface area contributed by atoms with Crippen LogP contribution in [0.1, 0.15) is 41.9 Å². The number of imide groups is 1. The Balaban J connectivity index is 1.71. The lowest BCUT2D eigenvalue weighted by molar-refractivity contribution is -0.123. The quantitative estimate of drug-likeness (QED) is 0.759. The van der Waals surface area contributed by atoms with Gasteiger partial charge < -0.3 is 0 Å². The van der Waals surface area contributed by atoms with Crippen molar-refractivity contribution in [1.82, 2.24) is 4.90 Å². The second-order valence-corrected chi connectivity index (χ2v) is 8.06. The SMILES string of the molecule is Cc1ccc(/C=C2/SC(=O)N(CC3CCCCC3)C2=O)s1. The van der Waals surface area contributed by atoms with Crippen LogP contribution in [-0.2, 0) is 4.79 Å². The number of hydrogen-bond acceptors (Lipinski definition) is 4. The van der Waals surface area contributed by atoms with E-state index in [1.54, 1.807) is 11.3 Å². The van der Waals surface area contributed by atoms with E-state index in [9.17, 15) is 9.59 Å². The molecule has 1 saturated carbocycles. The van der Waals surface area contributed by atoms with E-state index in [0.717, 1.165) is 29.5 Å². The molecule has 0 radical (unpaired) electrons. The van der Waals surface area contributed by atoms with E-state index in [-0.39, 0.29) is 11.1 Å². The molecule has 1 aromatic rings. The Kier molecular flexibility index (Phi) is 4.50. The average molecular weight is 321 g/mol. The third-order valence-electron chi connectivity index (χ3n) is 4.07. The van der Waals surface area contributed by atoms with E-state index < -0.39 is 0 Å². The second kappa shape index (κ2) is 6.36. The molecule has 3 nitrogen and oxygen atoms in total. The first-order chi connectivity index (χ1) is 10.1. The number of aryl methyl sites for hydroxylation is 1. The summed E-state index contributed by atoms with van der Waals surface area (Å²) in [4.78, 5) is 28.8. The second-order valence-electron chi connectivity index (χ2n) is 5.74. The fraction of sp³-hybridized carbons (Fsp3) is 0.500. The van der Waals surface area contributed by atoms with Gasteiger partial charge in [0.15, 0.2) is 0 Å². The molecule has 0 atom stereocenters. The van der Waals surface area contributed by atoms with E-state index >= 15 is 0 Å². The number of nitrogens with zero attached hydrogens (tertiary/aromatic N) is 1. The Morgan fingerprint density at radius 2 is 2.00 bits per heavy atom. The van der Waals surface area contributed by atoms with Crippen molar-refractivity contribution >= 4 is 40.3 Å². The lowest BCUT2D eigenvalue weighted by Crippen LogP contribution is -2.34. The molecule has 1 aromatic heterocycles. The molecule has 3 rings (SSSR count). The molecule has 112 valence electrons. The number of hydrogen-bond donors (Lipinski definition) is 0. The van der Waals surface area contributed by atoms with Crippen molar-refractivity contribution in [2.75, 3.05) is 6.54 Å². The highest BCUT2D eigenvalue weighted by Gasteiger charge is 2.36. The molecule has 0 N–H and O–H groups in total. The molecule has 1 aliphatic carbocycles. The molecular formula is C16H19NO2S2. The maximum Gasteiger partial charge on any atom is 0.293 e. The summed E-state index contributed by atoms with van der Waals surface area (Å²) in [6.45, 7) is 2.64. The maximum absolute atomic E-state index is 12.4. The van der Waals surface area contributed by atoms with Crippen LogP contribution in [-0.4, -0.2) is 22.6 Å². The Morgan fingerprint density at radius 3 is 2.67 bits per heavy atom. The van der Waals surface area contributed by atoms with Crippen molar-refractivity contribution in [3.63, 3.8) is 0 Å². The Hall–Kier alpha value is -1.07. The van der Waals surface area contributed by atoms with Crippen LogP contribution in [0, 0.1) is 12.8 Å². The number of amides is 2. The highest BCUT2D eigenvalue weighted by atomic mass is 32.2. The number of carbonyl (C=O) groups excluding carboxylic acids is 2. The van der Waals surface area contributed by atoms with Gasteiger partial charge in [0.25, 0.3) is 11.1 Å². The summed E-state index contributed by atoms with van der Waals surface area (Å²) in [5, 5.41) is -0.106. The topological polar surface area (TPSA) is 37.4 Å². The van der Waals surface area contributed by atoms with Crippen LogP contribution >= 0.6 is 23.1 Å². The molecule has 2 amide bonds. The lowest BCUT2D eigenvalue weighted by Gasteiger charge is -2.25. The zero-order valence-electron chi connectivity index (χ0n) is 12.1. The van der Waals surface area contributed by atoms with Gasteiger partial charge in [0.2, 0.25) is 0 Å². The molecule has 2 heterocycles. The van der Waals surface area contributed by atoms with E-state index in [1.165, 1.54) is 29.0 Å². The summed E-state index contributed by atoms with van der Waals surface area (Å²) in [5.41, 5.74) is 0. The van der Waals surface area contributed by atoms with Crippen LogP contribution < -0.4 is 0 Å². The van der Waals surface area contributed by atoms with Crippen molar-refractivity contribution in [3.05, 3.63) is 26.8 Å². The zero-order valence-corrected chi connectivity index (χ0v) is 13.8. The zero-order chi connectivity index (χ0) is 14.8. The van der Waals surface area contributed by atoms with Crippen LogP contribution in [0.3, 0.4) is 0 Å². The van der Waals surface area contributed by atoms with Gasteiger partial charge in [0.1, 0.15) is 0 Å². The summed E-state index contributed by atoms with van der Waals surface area (Å²) < 4.78 is 0. The first kappa shape index (κ1) is 14.9. The summed E-state index contributed by atoms with van der Waals surface area (Å²) in [6.07, 6.45) is 7.88. The number of carbonyl (C=O) groups is 2. The van der Waals surface area contributed by atoms with Gasteiger partial charge in [-0.2, -0.15) is 0 Å². The molecule has 21 heavy (non-hydrogen) atoms. The van der Waals surface area contributed by atoms with Gasteiger partial charge in [-0.25, -0.2) is 0 Å². The molecule has 2 fully saturated rings. The third kappa shape index (κ3) is 3.40. The smallest absolute Gasteiger partial charge is 0.268 e. The minimum absolute atomic E-state index is 0.106. The first-order valence-electron chi connectivity index (χ1n) is 7.45. The summed E-state index contributed by atoms with van der Waals surface area (Å²) in [5.74, 6) is 0.386. The highest BCUT2D eigenvalue weighted by Crippen LogP contribution is 2.35. The fourth-order valence-electron chi connectivity index (χ4n) is 2.95. The monoisotopic (exact) mass is 321 g/mol. The van der Waals surface area contributed by atoms with Crippen molar-refractivity contribution in [1.29, 1.82) is 0 Å². The molecule has 0 spiro atoms. The van der Waals surface area contributed by atoms with Gasteiger partial charge in [-0.3, -0.25) is 14.5 Å². The first-order valence-corrected chi connectivity index (χ1v) is 9.08. The molecule has 2 aliphatic rings. The Labute approximate surface area is 133 Å². The standard InChI is InChI=1S/C16H19NO2S2/c1-11-7-8-13(20-11)9-14-15(18)17(16(19)21-14)10-12-5-3-2-4-6-12/h7-9,12H,2-6,10H2,1H3/b14-9+. The largest absolute Gasteiger partial charge is 0.293 e. The van der Waals surface area contributed by atoms with Crippen molar-refractivity contribution in [3.8, 4) is 0 Å². The lowest BCUT2D eigenvalue weighted by atomic mass is 9.89. The third-order valence-corrected chi connectivity index (χ3v) is 5.93. The molecule has 0 bridgehead atoms. The summed E-state index contributed by atoms with van der Waals surface area (Å²) >= 11 is 2.72. The molecule has 1 aliphatic heterocycles. The van der Waals surface area contributed by atoms with Crippen LogP contribution in [0.5, 0.6) is 0 Å².